The Labute approximate surface area is 191 Å². The number of nitrogens with one attached hydrogen (secondary N) is 1. The second-order valence-corrected chi connectivity index (χ2v) is 7.45. The van der Waals surface area contributed by atoms with Crippen LogP contribution in [0.5, 0.6) is 17.2 Å². The fourth-order valence-corrected chi connectivity index (χ4v) is 3.74. The van der Waals surface area contributed by atoms with Crippen LogP contribution in [0.25, 0.3) is 5.69 Å². The van der Waals surface area contributed by atoms with Crippen molar-refractivity contribution in [3.05, 3.63) is 48.3 Å². The highest BCUT2D eigenvalue weighted by molar-refractivity contribution is 5.90. The van der Waals surface area contributed by atoms with E-state index in [1.807, 2.05) is 30.3 Å². The third kappa shape index (κ3) is 4.98. The molecular weight excluding hydrogens is 426 g/mol. The topological polar surface area (TPSA) is 107 Å². The van der Waals surface area contributed by atoms with Gasteiger partial charge in [-0.1, -0.05) is 18.2 Å². The van der Waals surface area contributed by atoms with Gasteiger partial charge in [0.25, 0.3) is 0 Å². The SMILES string of the molecule is COc1cc(NC(=O)N2CCN(Cc3nnnn3-c3ccccc3)CC2)cc(OC)c1OC. The predicted molar refractivity (Wildman–Crippen MR) is 121 cm³/mol. The maximum atomic E-state index is 12.8. The van der Waals surface area contributed by atoms with Gasteiger partial charge in [-0.05, 0) is 22.6 Å². The lowest BCUT2D eigenvalue weighted by molar-refractivity contribution is 0.140. The summed E-state index contributed by atoms with van der Waals surface area (Å²) in [7, 11) is 4.61. The number of ether oxygens (including phenoxy) is 3. The molecule has 2 heterocycles. The van der Waals surface area contributed by atoms with Crippen LogP contribution in [0.4, 0.5) is 10.5 Å². The fourth-order valence-electron chi connectivity index (χ4n) is 3.74. The molecule has 11 heteroatoms. The lowest BCUT2D eigenvalue weighted by atomic mass is 10.2. The number of nitrogens with zero attached hydrogens (tertiary/aromatic N) is 6. The molecule has 1 saturated heterocycles. The van der Waals surface area contributed by atoms with E-state index in [-0.39, 0.29) is 6.03 Å². The standard InChI is InChI=1S/C22H27N7O4/c1-31-18-13-16(14-19(32-2)21(18)33-3)23-22(30)28-11-9-27(10-12-28)15-20-24-25-26-29(20)17-7-5-4-6-8-17/h4-8,13-14H,9-12,15H2,1-3H3,(H,23,30). The molecular formula is C22H27N7O4. The number of hydrogen-bond acceptors (Lipinski definition) is 8. The molecule has 1 aliphatic heterocycles. The molecule has 174 valence electrons. The van der Waals surface area contributed by atoms with Crippen LogP contribution in [0.3, 0.4) is 0 Å². The third-order valence-electron chi connectivity index (χ3n) is 5.48. The van der Waals surface area contributed by atoms with Gasteiger partial charge in [0.05, 0.1) is 39.2 Å². The Morgan fingerprint density at radius 2 is 1.64 bits per heavy atom. The van der Waals surface area contributed by atoms with Crippen LogP contribution < -0.4 is 19.5 Å². The van der Waals surface area contributed by atoms with Crippen LogP contribution in [0.2, 0.25) is 0 Å². The summed E-state index contributed by atoms with van der Waals surface area (Å²) in [5, 5.41) is 15.0. The maximum Gasteiger partial charge on any atom is 0.321 e. The molecule has 0 spiro atoms. The van der Waals surface area contributed by atoms with Gasteiger partial charge in [0, 0.05) is 38.3 Å². The van der Waals surface area contributed by atoms with Gasteiger partial charge in [-0.3, -0.25) is 4.90 Å². The molecule has 33 heavy (non-hydrogen) atoms. The number of carbonyl (C=O) groups excluding carboxylic acids is 1. The highest BCUT2D eigenvalue weighted by Gasteiger charge is 2.24. The molecule has 1 fully saturated rings. The largest absolute Gasteiger partial charge is 0.493 e. The first-order valence-corrected chi connectivity index (χ1v) is 10.5. The van der Waals surface area contributed by atoms with E-state index < -0.39 is 0 Å². The first-order valence-electron chi connectivity index (χ1n) is 10.5. The number of methoxy groups -OCH3 is 3. The minimum absolute atomic E-state index is 0.182. The minimum Gasteiger partial charge on any atom is -0.493 e. The van der Waals surface area contributed by atoms with Crippen molar-refractivity contribution in [2.45, 2.75) is 6.54 Å². The van der Waals surface area contributed by atoms with Crippen molar-refractivity contribution in [2.24, 2.45) is 0 Å². The van der Waals surface area contributed by atoms with Crippen LogP contribution in [-0.4, -0.2) is 83.5 Å². The summed E-state index contributed by atoms with van der Waals surface area (Å²) in [5.41, 5.74) is 1.49. The summed E-state index contributed by atoms with van der Waals surface area (Å²) in [4.78, 5) is 16.8. The van der Waals surface area contributed by atoms with Crippen LogP contribution in [0, 0.1) is 0 Å². The Bertz CT molecular complexity index is 1060. The molecule has 0 unspecified atom stereocenters. The van der Waals surface area contributed by atoms with Crippen molar-refractivity contribution in [3.8, 4) is 22.9 Å². The molecule has 0 saturated carbocycles. The summed E-state index contributed by atoms with van der Waals surface area (Å²) < 4.78 is 17.8. The molecule has 1 aromatic heterocycles. The number of tetrazole rings is 1. The minimum atomic E-state index is -0.182. The molecule has 0 atom stereocenters. The summed E-state index contributed by atoms with van der Waals surface area (Å²) >= 11 is 0. The average molecular weight is 454 g/mol. The van der Waals surface area contributed by atoms with Crippen LogP contribution >= 0.6 is 0 Å². The molecule has 0 aliphatic carbocycles. The van der Waals surface area contributed by atoms with Gasteiger partial charge in [0.15, 0.2) is 17.3 Å². The molecule has 0 bridgehead atoms. The lowest BCUT2D eigenvalue weighted by Gasteiger charge is -2.34. The molecule has 0 radical (unpaired) electrons. The average Bonchev–Trinajstić information content (AvgIpc) is 3.32. The first kappa shape index (κ1) is 22.3. The van der Waals surface area contributed by atoms with Crippen molar-refractivity contribution in [1.82, 2.24) is 30.0 Å². The van der Waals surface area contributed by atoms with Crippen LogP contribution in [-0.2, 0) is 6.54 Å². The highest BCUT2D eigenvalue weighted by atomic mass is 16.5. The summed E-state index contributed by atoms with van der Waals surface area (Å²) in [6.07, 6.45) is 0. The van der Waals surface area contributed by atoms with E-state index in [0.717, 1.165) is 11.5 Å². The molecule has 4 rings (SSSR count). The predicted octanol–water partition coefficient (Wildman–Crippen LogP) is 2.04. The molecule has 11 nitrogen and oxygen atoms in total. The number of rotatable bonds is 7. The zero-order valence-electron chi connectivity index (χ0n) is 18.9. The van der Waals surface area contributed by atoms with E-state index in [4.69, 9.17) is 14.2 Å². The Balaban J connectivity index is 1.35. The number of aromatic nitrogens is 4. The van der Waals surface area contributed by atoms with Gasteiger partial charge in [0.1, 0.15) is 0 Å². The monoisotopic (exact) mass is 453 g/mol. The van der Waals surface area contributed by atoms with E-state index in [9.17, 15) is 4.79 Å². The molecule has 2 aromatic carbocycles. The van der Waals surface area contributed by atoms with Crippen molar-refractivity contribution in [1.29, 1.82) is 0 Å². The Morgan fingerprint density at radius 1 is 0.970 bits per heavy atom. The second kappa shape index (κ2) is 10.2. The van der Waals surface area contributed by atoms with Crippen molar-refractivity contribution in [3.63, 3.8) is 0 Å². The number of para-hydroxylation sites is 1. The van der Waals surface area contributed by atoms with Crippen molar-refractivity contribution in [2.75, 3.05) is 52.8 Å². The number of hydrogen-bond donors (Lipinski definition) is 1. The molecule has 2 amide bonds. The Morgan fingerprint density at radius 3 is 2.24 bits per heavy atom. The number of anilines is 1. The summed E-state index contributed by atoms with van der Waals surface area (Å²) in [6, 6.07) is 13.0. The Kier molecular flexibility index (Phi) is 6.89. The van der Waals surface area contributed by atoms with Crippen molar-refractivity contribution < 1.29 is 19.0 Å². The summed E-state index contributed by atoms with van der Waals surface area (Å²) in [6.45, 7) is 3.20. The van der Waals surface area contributed by atoms with E-state index in [2.05, 4.69) is 25.7 Å². The maximum absolute atomic E-state index is 12.8. The number of urea groups is 1. The zero-order chi connectivity index (χ0) is 23.2. The molecule has 1 aliphatic rings. The normalized spacial score (nSPS) is 14.1. The fraction of sp³-hybridized carbons (Fsp3) is 0.364. The quantitative estimate of drug-likeness (QED) is 0.579. The number of benzene rings is 2. The van der Waals surface area contributed by atoms with Crippen molar-refractivity contribution >= 4 is 11.7 Å². The van der Waals surface area contributed by atoms with Crippen LogP contribution in [0.15, 0.2) is 42.5 Å². The lowest BCUT2D eigenvalue weighted by Crippen LogP contribution is -2.49. The van der Waals surface area contributed by atoms with Gasteiger partial charge in [-0.25, -0.2) is 4.79 Å². The molecule has 3 aromatic rings. The molecule has 1 N–H and O–H groups in total. The van der Waals surface area contributed by atoms with E-state index in [1.54, 1.807) is 21.7 Å². The summed E-state index contributed by atoms with van der Waals surface area (Å²) in [5.74, 6) is 2.20. The Hall–Kier alpha value is -3.86. The van der Waals surface area contributed by atoms with Gasteiger partial charge < -0.3 is 24.4 Å². The second-order valence-electron chi connectivity index (χ2n) is 7.45. The number of piperazine rings is 1. The number of amides is 2. The van der Waals surface area contributed by atoms with Gasteiger partial charge >= 0.3 is 6.03 Å². The van der Waals surface area contributed by atoms with E-state index in [1.165, 1.54) is 21.3 Å². The first-order chi connectivity index (χ1) is 16.1. The van der Waals surface area contributed by atoms with Gasteiger partial charge in [0.2, 0.25) is 5.75 Å². The zero-order valence-corrected chi connectivity index (χ0v) is 18.9. The third-order valence-corrected chi connectivity index (χ3v) is 5.48. The van der Waals surface area contributed by atoms with Crippen LogP contribution in [0.1, 0.15) is 5.82 Å². The van der Waals surface area contributed by atoms with E-state index >= 15 is 0 Å². The van der Waals surface area contributed by atoms with E-state index in [0.29, 0.717) is 55.7 Å². The smallest absolute Gasteiger partial charge is 0.321 e. The highest BCUT2D eigenvalue weighted by Crippen LogP contribution is 2.40. The van der Waals surface area contributed by atoms with Gasteiger partial charge in [-0.15, -0.1) is 5.10 Å². The van der Waals surface area contributed by atoms with Gasteiger partial charge in [-0.2, -0.15) is 4.68 Å². The number of carbonyl (C=O) groups is 1.